The van der Waals surface area contributed by atoms with Crippen LogP contribution in [0.3, 0.4) is 0 Å². The third kappa shape index (κ3) is 0.971. The zero-order chi connectivity index (χ0) is 12.8. The fraction of sp³-hybridized carbons (Fsp3) is 0.562. The van der Waals surface area contributed by atoms with Gasteiger partial charge in [0, 0.05) is 5.56 Å². The number of rotatable bonds is 0. The zero-order valence-corrected chi connectivity index (χ0v) is 10.6. The average molecular weight is 256 g/mol. The van der Waals surface area contributed by atoms with E-state index in [1.807, 2.05) is 18.2 Å². The van der Waals surface area contributed by atoms with Gasteiger partial charge in [-0.05, 0) is 49.0 Å². The number of hydrogen-bond donors (Lipinski definition) is 1. The Kier molecular flexibility index (Phi) is 1.67. The van der Waals surface area contributed by atoms with Crippen molar-refractivity contribution in [2.24, 2.45) is 29.6 Å². The summed E-state index contributed by atoms with van der Waals surface area (Å²) >= 11 is 0. The molecule has 6 atom stereocenters. The second-order valence-corrected chi connectivity index (χ2v) is 6.66. The molecule has 6 unspecified atom stereocenters. The molecule has 19 heavy (non-hydrogen) atoms. The van der Waals surface area contributed by atoms with Crippen molar-refractivity contribution < 1.29 is 14.6 Å². The fourth-order valence-corrected chi connectivity index (χ4v) is 5.59. The van der Waals surface area contributed by atoms with Crippen molar-refractivity contribution in [1.82, 2.24) is 0 Å². The van der Waals surface area contributed by atoms with E-state index in [-0.39, 0.29) is 17.8 Å². The number of aliphatic hydroxyl groups is 1. The number of fused-ring (bicyclic) bond motifs is 10. The summed E-state index contributed by atoms with van der Waals surface area (Å²) in [5.41, 5.74) is -0.107. The van der Waals surface area contributed by atoms with Gasteiger partial charge in [0.15, 0.2) is 0 Å². The van der Waals surface area contributed by atoms with Crippen LogP contribution in [0.4, 0.5) is 0 Å². The maximum atomic E-state index is 12.3. The summed E-state index contributed by atoms with van der Waals surface area (Å²) in [4.78, 5) is 12.3. The lowest BCUT2D eigenvalue weighted by Crippen LogP contribution is -2.67. The highest BCUT2D eigenvalue weighted by Crippen LogP contribution is 2.72. The molecule has 2 bridgehead atoms. The van der Waals surface area contributed by atoms with Gasteiger partial charge < -0.3 is 9.84 Å². The fourth-order valence-electron chi connectivity index (χ4n) is 5.59. The standard InChI is InChI=1S/C16H16O3/c17-15-14-12-8-5-6-9(7-8)13(12)16(14,18)10-3-1-2-4-11(10)19-15/h1-4,8-9,12-14,18H,5-7H2. The lowest BCUT2D eigenvalue weighted by molar-refractivity contribution is -0.237. The van der Waals surface area contributed by atoms with Crippen LogP contribution in [-0.2, 0) is 10.4 Å². The van der Waals surface area contributed by atoms with Crippen LogP contribution in [-0.4, -0.2) is 11.1 Å². The zero-order valence-electron chi connectivity index (χ0n) is 10.6. The highest BCUT2D eigenvalue weighted by molar-refractivity contribution is 5.82. The second kappa shape index (κ2) is 3.04. The Bertz CT molecular complexity index is 595. The van der Waals surface area contributed by atoms with Crippen LogP contribution < -0.4 is 4.74 Å². The molecule has 0 amide bonds. The molecule has 0 aromatic heterocycles. The SMILES string of the molecule is O=C1Oc2ccccc2C2(O)C1C1C3CCC(C3)C12. The maximum absolute atomic E-state index is 12.3. The summed E-state index contributed by atoms with van der Waals surface area (Å²) in [7, 11) is 0. The van der Waals surface area contributed by atoms with E-state index in [1.165, 1.54) is 19.3 Å². The number of hydrogen-bond acceptors (Lipinski definition) is 3. The molecule has 3 saturated carbocycles. The molecular formula is C16H16O3. The minimum absolute atomic E-state index is 0.213. The van der Waals surface area contributed by atoms with Crippen molar-refractivity contribution in [3.63, 3.8) is 0 Å². The summed E-state index contributed by atoms with van der Waals surface area (Å²) in [6, 6.07) is 7.50. The maximum Gasteiger partial charge on any atom is 0.317 e. The number of carbonyl (C=O) groups excluding carboxylic acids is 1. The summed E-state index contributed by atoms with van der Waals surface area (Å²) in [5.74, 6) is 1.92. The van der Waals surface area contributed by atoms with Gasteiger partial charge in [-0.25, -0.2) is 0 Å². The van der Waals surface area contributed by atoms with Crippen LogP contribution in [0.15, 0.2) is 24.3 Å². The molecule has 3 fully saturated rings. The largest absolute Gasteiger partial charge is 0.426 e. The Balaban J connectivity index is 1.71. The molecule has 3 heteroatoms. The summed E-state index contributed by atoms with van der Waals surface area (Å²) in [5, 5.41) is 11.2. The monoisotopic (exact) mass is 256 g/mol. The summed E-state index contributed by atoms with van der Waals surface area (Å²) in [6.07, 6.45) is 3.65. The molecule has 0 saturated heterocycles. The van der Waals surface area contributed by atoms with Crippen LogP contribution in [0.25, 0.3) is 0 Å². The first-order valence-electron chi connectivity index (χ1n) is 7.25. The van der Waals surface area contributed by atoms with Gasteiger partial charge in [-0.2, -0.15) is 0 Å². The van der Waals surface area contributed by atoms with E-state index in [0.29, 0.717) is 23.5 Å². The Morgan fingerprint density at radius 2 is 2.00 bits per heavy atom. The normalized spacial score (nSPS) is 48.9. The van der Waals surface area contributed by atoms with E-state index in [1.54, 1.807) is 6.07 Å². The van der Waals surface area contributed by atoms with Crippen LogP contribution in [0.2, 0.25) is 0 Å². The van der Waals surface area contributed by atoms with Crippen molar-refractivity contribution >= 4 is 5.97 Å². The van der Waals surface area contributed by atoms with Crippen LogP contribution in [0.1, 0.15) is 24.8 Å². The van der Waals surface area contributed by atoms with Crippen LogP contribution in [0.5, 0.6) is 5.75 Å². The van der Waals surface area contributed by atoms with E-state index < -0.39 is 5.60 Å². The quantitative estimate of drug-likeness (QED) is 0.571. The summed E-state index contributed by atoms with van der Waals surface area (Å²) in [6.45, 7) is 0. The highest BCUT2D eigenvalue weighted by atomic mass is 16.5. The second-order valence-electron chi connectivity index (χ2n) is 6.66. The third-order valence-electron chi connectivity index (χ3n) is 6.13. The van der Waals surface area contributed by atoms with Gasteiger partial charge >= 0.3 is 5.97 Å². The van der Waals surface area contributed by atoms with Gasteiger partial charge in [0.25, 0.3) is 0 Å². The van der Waals surface area contributed by atoms with Gasteiger partial charge in [0.2, 0.25) is 0 Å². The third-order valence-corrected chi connectivity index (χ3v) is 6.13. The molecule has 1 aromatic rings. The number of para-hydroxylation sites is 1. The molecule has 0 radical (unpaired) electrons. The molecule has 5 rings (SSSR count). The van der Waals surface area contributed by atoms with Gasteiger partial charge in [-0.1, -0.05) is 18.2 Å². The minimum Gasteiger partial charge on any atom is -0.426 e. The Hall–Kier alpha value is -1.35. The molecule has 3 nitrogen and oxygen atoms in total. The van der Waals surface area contributed by atoms with Crippen molar-refractivity contribution in [3.05, 3.63) is 29.8 Å². The Morgan fingerprint density at radius 3 is 2.89 bits per heavy atom. The molecule has 0 spiro atoms. The predicted molar refractivity (Wildman–Crippen MR) is 67.3 cm³/mol. The van der Waals surface area contributed by atoms with Gasteiger partial charge in [-0.15, -0.1) is 0 Å². The van der Waals surface area contributed by atoms with Crippen molar-refractivity contribution in [2.45, 2.75) is 24.9 Å². The molecule has 1 aromatic carbocycles. The lowest BCUT2D eigenvalue weighted by atomic mass is 9.46. The van der Waals surface area contributed by atoms with Gasteiger partial charge in [-0.3, -0.25) is 4.79 Å². The van der Waals surface area contributed by atoms with Crippen LogP contribution in [0, 0.1) is 29.6 Å². The molecule has 4 aliphatic rings. The van der Waals surface area contributed by atoms with Gasteiger partial charge in [0.05, 0.1) is 5.92 Å². The minimum atomic E-state index is -0.948. The molecule has 1 heterocycles. The van der Waals surface area contributed by atoms with E-state index in [9.17, 15) is 9.90 Å². The Morgan fingerprint density at radius 1 is 1.21 bits per heavy atom. The molecule has 1 aliphatic heterocycles. The molecule has 98 valence electrons. The average Bonchev–Trinajstić information content (AvgIpc) is 2.95. The highest BCUT2D eigenvalue weighted by Gasteiger charge is 2.75. The van der Waals surface area contributed by atoms with Gasteiger partial charge in [0.1, 0.15) is 11.4 Å². The number of esters is 1. The number of carbonyl (C=O) groups is 1. The molecular weight excluding hydrogens is 240 g/mol. The number of ether oxygens (including phenoxy) is 1. The first-order chi connectivity index (χ1) is 9.21. The van der Waals surface area contributed by atoms with Crippen molar-refractivity contribution in [3.8, 4) is 5.75 Å². The topological polar surface area (TPSA) is 46.5 Å². The predicted octanol–water partition coefficient (Wildman–Crippen LogP) is 2.09. The molecule has 3 aliphatic carbocycles. The lowest BCUT2D eigenvalue weighted by Gasteiger charge is -2.60. The van der Waals surface area contributed by atoms with E-state index in [0.717, 1.165) is 5.56 Å². The molecule has 1 N–H and O–H groups in total. The Labute approximate surface area is 111 Å². The smallest absolute Gasteiger partial charge is 0.317 e. The van der Waals surface area contributed by atoms with Crippen LogP contribution >= 0.6 is 0 Å². The first kappa shape index (κ1) is 10.4. The first-order valence-corrected chi connectivity index (χ1v) is 7.25. The van der Waals surface area contributed by atoms with E-state index in [2.05, 4.69) is 0 Å². The van der Waals surface area contributed by atoms with Crippen molar-refractivity contribution in [1.29, 1.82) is 0 Å². The van der Waals surface area contributed by atoms with E-state index >= 15 is 0 Å². The van der Waals surface area contributed by atoms with Crippen molar-refractivity contribution in [2.75, 3.05) is 0 Å². The van der Waals surface area contributed by atoms with E-state index in [4.69, 9.17) is 4.74 Å². The number of benzene rings is 1. The summed E-state index contributed by atoms with van der Waals surface area (Å²) < 4.78 is 5.45.